The summed E-state index contributed by atoms with van der Waals surface area (Å²) in [4.78, 5) is 24.6. The summed E-state index contributed by atoms with van der Waals surface area (Å²) in [6.45, 7) is 1.49. The minimum atomic E-state index is -0.731. The third-order valence-corrected chi connectivity index (χ3v) is 4.25. The number of carbonyl (C=O) groups excluding carboxylic acids is 2. The van der Waals surface area contributed by atoms with Crippen molar-refractivity contribution in [2.45, 2.75) is 6.92 Å². The predicted octanol–water partition coefficient (Wildman–Crippen LogP) is 4.17. The maximum absolute atomic E-state index is 14.2. The summed E-state index contributed by atoms with van der Waals surface area (Å²) in [5.74, 6) is -1.80. The van der Waals surface area contributed by atoms with Gasteiger partial charge in [0.05, 0.1) is 10.6 Å². The Morgan fingerprint density at radius 1 is 1.04 bits per heavy atom. The summed E-state index contributed by atoms with van der Waals surface area (Å²) in [5, 5.41) is 4.28. The van der Waals surface area contributed by atoms with E-state index in [0.29, 0.717) is 10.6 Å². The van der Waals surface area contributed by atoms with Crippen LogP contribution in [-0.2, 0) is 0 Å². The Labute approximate surface area is 163 Å². The standard InChI is InChI=1S/C18H12Cl2FN3O3/c1-9-14(16(24-27-9)15-12(20)3-2-4-13(15)21)18(26)23-22-17(25)10-5-7-11(19)8-6-10/h2-8H,1H3,(H,22,25)(H,23,26). The Kier molecular flexibility index (Phi) is 5.43. The molecule has 1 heterocycles. The Balaban J connectivity index is 1.83. The Bertz CT molecular complexity index is 999. The van der Waals surface area contributed by atoms with Crippen molar-refractivity contribution in [2.24, 2.45) is 0 Å². The average Bonchev–Trinajstić information content (AvgIpc) is 3.01. The molecule has 3 aromatic rings. The third-order valence-electron chi connectivity index (χ3n) is 3.69. The van der Waals surface area contributed by atoms with Gasteiger partial charge in [0.1, 0.15) is 22.8 Å². The molecular weight excluding hydrogens is 396 g/mol. The minimum absolute atomic E-state index is 0.0431. The van der Waals surface area contributed by atoms with Gasteiger partial charge in [0.25, 0.3) is 11.8 Å². The predicted molar refractivity (Wildman–Crippen MR) is 98.0 cm³/mol. The Hall–Kier alpha value is -2.90. The molecule has 0 aliphatic heterocycles. The number of aryl methyl sites for hydroxylation is 1. The second-order valence-electron chi connectivity index (χ2n) is 5.47. The van der Waals surface area contributed by atoms with Crippen LogP contribution in [0.2, 0.25) is 10.0 Å². The zero-order valence-corrected chi connectivity index (χ0v) is 15.4. The lowest BCUT2D eigenvalue weighted by atomic mass is 10.1. The molecule has 0 fully saturated rings. The first-order valence-electron chi connectivity index (χ1n) is 7.65. The molecule has 6 nitrogen and oxygen atoms in total. The van der Waals surface area contributed by atoms with E-state index in [0.717, 1.165) is 0 Å². The van der Waals surface area contributed by atoms with E-state index >= 15 is 0 Å². The fourth-order valence-electron chi connectivity index (χ4n) is 2.38. The van der Waals surface area contributed by atoms with Crippen molar-refractivity contribution in [1.82, 2.24) is 16.0 Å². The second kappa shape index (κ2) is 7.77. The van der Waals surface area contributed by atoms with Crippen molar-refractivity contribution in [2.75, 3.05) is 0 Å². The van der Waals surface area contributed by atoms with E-state index in [1.807, 2.05) is 0 Å². The van der Waals surface area contributed by atoms with Crippen molar-refractivity contribution in [1.29, 1.82) is 0 Å². The van der Waals surface area contributed by atoms with E-state index in [2.05, 4.69) is 16.0 Å². The molecule has 0 bridgehead atoms. The highest BCUT2D eigenvalue weighted by Gasteiger charge is 2.25. The number of hydrogen-bond donors (Lipinski definition) is 2. The zero-order chi connectivity index (χ0) is 19.6. The van der Waals surface area contributed by atoms with Crippen molar-refractivity contribution in [3.8, 4) is 11.3 Å². The largest absolute Gasteiger partial charge is 0.360 e. The summed E-state index contributed by atoms with van der Waals surface area (Å²) in [6.07, 6.45) is 0. The summed E-state index contributed by atoms with van der Waals surface area (Å²) < 4.78 is 19.2. The van der Waals surface area contributed by atoms with Crippen molar-refractivity contribution in [3.63, 3.8) is 0 Å². The molecule has 0 saturated heterocycles. The van der Waals surface area contributed by atoms with Crippen LogP contribution in [0.25, 0.3) is 11.3 Å². The van der Waals surface area contributed by atoms with Gasteiger partial charge < -0.3 is 4.52 Å². The molecule has 2 aromatic carbocycles. The topological polar surface area (TPSA) is 84.2 Å². The van der Waals surface area contributed by atoms with Gasteiger partial charge in [-0.1, -0.05) is 34.4 Å². The first-order valence-corrected chi connectivity index (χ1v) is 8.41. The van der Waals surface area contributed by atoms with Gasteiger partial charge in [-0.15, -0.1) is 0 Å². The molecule has 27 heavy (non-hydrogen) atoms. The molecule has 138 valence electrons. The van der Waals surface area contributed by atoms with Crippen LogP contribution in [-0.4, -0.2) is 17.0 Å². The number of carbonyl (C=O) groups is 2. The summed E-state index contributed by atoms with van der Waals surface area (Å²) in [6, 6.07) is 10.2. The number of benzene rings is 2. The van der Waals surface area contributed by atoms with E-state index < -0.39 is 17.6 Å². The van der Waals surface area contributed by atoms with Gasteiger partial charge in [-0.3, -0.25) is 20.4 Å². The van der Waals surface area contributed by atoms with E-state index in [4.69, 9.17) is 27.7 Å². The third kappa shape index (κ3) is 3.94. The number of amides is 2. The molecule has 0 saturated carbocycles. The normalized spacial score (nSPS) is 10.5. The minimum Gasteiger partial charge on any atom is -0.360 e. The lowest BCUT2D eigenvalue weighted by Crippen LogP contribution is -2.41. The van der Waals surface area contributed by atoms with E-state index in [-0.39, 0.29) is 27.6 Å². The highest BCUT2D eigenvalue weighted by atomic mass is 35.5. The molecule has 0 spiro atoms. The van der Waals surface area contributed by atoms with Crippen LogP contribution in [0, 0.1) is 12.7 Å². The number of aromatic nitrogens is 1. The number of nitrogens with one attached hydrogen (secondary N) is 2. The van der Waals surface area contributed by atoms with Crippen LogP contribution in [0.5, 0.6) is 0 Å². The van der Waals surface area contributed by atoms with Gasteiger partial charge in [-0.2, -0.15) is 0 Å². The fourth-order valence-corrected chi connectivity index (χ4v) is 2.76. The SMILES string of the molecule is Cc1onc(-c2c(F)cccc2Cl)c1C(=O)NNC(=O)c1ccc(Cl)cc1. The molecule has 9 heteroatoms. The van der Waals surface area contributed by atoms with Gasteiger partial charge in [0.2, 0.25) is 0 Å². The molecule has 0 unspecified atom stereocenters. The maximum atomic E-state index is 14.2. The zero-order valence-electron chi connectivity index (χ0n) is 13.8. The average molecular weight is 408 g/mol. The van der Waals surface area contributed by atoms with Gasteiger partial charge in [-0.25, -0.2) is 4.39 Å². The molecule has 2 amide bonds. The Morgan fingerprint density at radius 2 is 1.70 bits per heavy atom. The molecule has 2 N–H and O–H groups in total. The fraction of sp³-hybridized carbons (Fsp3) is 0.0556. The smallest absolute Gasteiger partial charge is 0.275 e. The van der Waals surface area contributed by atoms with Crippen LogP contribution in [0.3, 0.4) is 0 Å². The van der Waals surface area contributed by atoms with Crippen molar-refractivity contribution < 1.29 is 18.5 Å². The van der Waals surface area contributed by atoms with Gasteiger partial charge >= 0.3 is 0 Å². The second-order valence-corrected chi connectivity index (χ2v) is 6.32. The van der Waals surface area contributed by atoms with E-state index in [1.165, 1.54) is 37.3 Å². The van der Waals surface area contributed by atoms with Crippen molar-refractivity contribution >= 4 is 35.0 Å². The lowest BCUT2D eigenvalue weighted by Gasteiger charge is -2.09. The van der Waals surface area contributed by atoms with Crippen LogP contribution in [0.15, 0.2) is 47.0 Å². The van der Waals surface area contributed by atoms with E-state index in [1.54, 1.807) is 12.1 Å². The number of nitrogens with zero attached hydrogens (tertiary/aromatic N) is 1. The number of halogens is 3. The van der Waals surface area contributed by atoms with E-state index in [9.17, 15) is 14.0 Å². The van der Waals surface area contributed by atoms with Crippen LogP contribution >= 0.6 is 23.2 Å². The van der Waals surface area contributed by atoms with Gasteiger partial charge in [-0.05, 0) is 43.3 Å². The lowest BCUT2D eigenvalue weighted by molar-refractivity contribution is 0.0846. The highest BCUT2D eigenvalue weighted by Crippen LogP contribution is 2.33. The molecule has 0 radical (unpaired) electrons. The molecular formula is C18H12Cl2FN3O3. The number of hydrogen-bond acceptors (Lipinski definition) is 4. The molecule has 0 atom stereocenters. The van der Waals surface area contributed by atoms with Crippen LogP contribution < -0.4 is 10.9 Å². The van der Waals surface area contributed by atoms with Gasteiger partial charge in [0.15, 0.2) is 0 Å². The summed E-state index contributed by atoms with van der Waals surface area (Å²) in [5.41, 5.74) is 4.64. The first-order chi connectivity index (χ1) is 12.9. The molecule has 0 aliphatic carbocycles. The van der Waals surface area contributed by atoms with Crippen LogP contribution in [0.1, 0.15) is 26.5 Å². The Morgan fingerprint density at radius 3 is 2.37 bits per heavy atom. The summed E-state index contributed by atoms with van der Waals surface area (Å²) >= 11 is 11.8. The molecule has 3 rings (SSSR count). The number of rotatable bonds is 3. The monoisotopic (exact) mass is 407 g/mol. The van der Waals surface area contributed by atoms with Gasteiger partial charge in [0, 0.05) is 10.6 Å². The van der Waals surface area contributed by atoms with Crippen molar-refractivity contribution in [3.05, 3.63) is 75.2 Å². The summed E-state index contributed by atoms with van der Waals surface area (Å²) in [7, 11) is 0. The molecule has 1 aromatic heterocycles. The quantitative estimate of drug-likeness (QED) is 0.638. The maximum Gasteiger partial charge on any atom is 0.275 e. The highest BCUT2D eigenvalue weighted by molar-refractivity contribution is 6.33. The molecule has 0 aliphatic rings. The first kappa shape index (κ1) is 18.9. The van der Waals surface area contributed by atoms with Crippen LogP contribution in [0.4, 0.5) is 4.39 Å². The number of hydrazine groups is 1.